The first-order valence-electron chi connectivity index (χ1n) is 3.28. The van der Waals surface area contributed by atoms with Crippen LogP contribution >= 0.6 is 0 Å². The van der Waals surface area contributed by atoms with Gasteiger partial charge in [-0.25, -0.2) is 5.01 Å². The molecular weight excluding hydrogens is 170 g/mol. The molecular formula is C4H11N3O3S. The van der Waals surface area contributed by atoms with E-state index >= 15 is 0 Å². The van der Waals surface area contributed by atoms with Crippen molar-refractivity contribution in [2.45, 2.75) is 0 Å². The van der Waals surface area contributed by atoms with Crippen LogP contribution in [0.15, 0.2) is 0 Å². The third-order valence-electron chi connectivity index (χ3n) is 1.36. The Hall–Kier alpha value is -0.210. The molecule has 1 rings (SSSR count). The normalized spacial score (nSPS) is 21.9. The molecule has 1 saturated heterocycles. The van der Waals surface area contributed by atoms with Crippen LogP contribution in [-0.2, 0) is 10.3 Å². The summed E-state index contributed by atoms with van der Waals surface area (Å²) < 4.78 is 28.9. The zero-order chi connectivity index (χ0) is 8.32. The minimum atomic E-state index is -4.08. The van der Waals surface area contributed by atoms with Gasteiger partial charge < -0.3 is 5.32 Å². The summed E-state index contributed by atoms with van der Waals surface area (Å²) in [5, 5.41) is 4.49. The Morgan fingerprint density at radius 2 is 1.91 bits per heavy atom. The topological polar surface area (TPSA) is 81.7 Å². The van der Waals surface area contributed by atoms with E-state index in [4.69, 9.17) is 4.55 Å². The third kappa shape index (κ3) is 3.63. The first kappa shape index (κ1) is 8.88. The molecule has 0 aromatic heterocycles. The lowest BCUT2D eigenvalue weighted by molar-refractivity contribution is 0.203. The molecule has 1 aliphatic heterocycles. The molecule has 0 saturated carbocycles. The molecule has 0 aromatic rings. The van der Waals surface area contributed by atoms with E-state index in [-0.39, 0.29) is 0 Å². The van der Waals surface area contributed by atoms with Crippen LogP contribution in [0.2, 0.25) is 0 Å². The van der Waals surface area contributed by atoms with E-state index in [1.165, 1.54) is 5.01 Å². The van der Waals surface area contributed by atoms with Gasteiger partial charge in [-0.15, -0.1) is 4.83 Å². The van der Waals surface area contributed by atoms with Crippen LogP contribution in [-0.4, -0.2) is 44.2 Å². The van der Waals surface area contributed by atoms with Crippen molar-refractivity contribution < 1.29 is 13.0 Å². The summed E-state index contributed by atoms with van der Waals surface area (Å²) in [4.78, 5) is 1.98. The number of rotatable bonds is 2. The largest absolute Gasteiger partial charge is 0.346 e. The minimum Gasteiger partial charge on any atom is -0.314 e. The van der Waals surface area contributed by atoms with Gasteiger partial charge in [-0.05, 0) is 0 Å². The first-order valence-corrected chi connectivity index (χ1v) is 4.72. The summed E-state index contributed by atoms with van der Waals surface area (Å²) in [5.41, 5.74) is 0. The standard InChI is InChI=1S/C4H11N3O3S/c8-11(9,10)6-7-3-1-5-2-4-7/h5-6H,1-4H2,(H,8,9,10). The van der Waals surface area contributed by atoms with Crippen LogP contribution in [0.4, 0.5) is 0 Å². The van der Waals surface area contributed by atoms with Gasteiger partial charge in [0, 0.05) is 26.2 Å². The van der Waals surface area contributed by atoms with E-state index in [1.54, 1.807) is 0 Å². The van der Waals surface area contributed by atoms with Crippen molar-refractivity contribution in [1.82, 2.24) is 15.2 Å². The van der Waals surface area contributed by atoms with Gasteiger partial charge in [0.15, 0.2) is 0 Å². The molecule has 0 amide bonds. The second-order valence-electron chi connectivity index (χ2n) is 2.30. The average Bonchev–Trinajstić information content (AvgIpc) is 1.85. The molecule has 3 N–H and O–H groups in total. The number of nitrogens with zero attached hydrogens (tertiary/aromatic N) is 1. The Morgan fingerprint density at radius 3 is 2.36 bits per heavy atom. The van der Waals surface area contributed by atoms with Crippen LogP contribution in [0.25, 0.3) is 0 Å². The lowest BCUT2D eigenvalue weighted by Crippen LogP contribution is -2.51. The zero-order valence-electron chi connectivity index (χ0n) is 5.95. The van der Waals surface area contributed by atoms with Crippen molar-refractivity contribution in [3.8, 4) is 0 Å². The Labute approximate surface area is 65.4 Å². The van der Waals surface area contributed by atoms with Gasteiger partial charge in [0.2, 0.25) is 0 Å². The second kappa shape index (κ2) is 3.46. The highest BCUT2D eigenvalue weighted by molar-refractivity contribution is 7.83. The molecule has 1 heterocycles. The highest BCUT2D eigenvalue weighted by Gasteiger charge is 2.13. The van der Waals surface area contributed by atoms with Crippen molar-refractivity contribution >= 4 is 10.3 Å². The summed E-state index contributed by atoms with van der Waals surface area (Å²) in [6.07, 6.45) is 0. The maximum Gasteiger partial charge on any atom is 0.346 e. The highest BCUT2D eigenvalue weighted by Crippen LogP contribution is 1.88. The fourth-order valence-corrected chi connectivity index (χ4v) is 1.43. The smallest absolute Gasteiger partial charge is 0.314 e. The Morgan fingerprint density at radius 1 is 1.36 bits per heavy atom. The van der Waals surface area contributed by atoms with Gasteiger partial charge in [0.1, 0.15) is 0 Å². The lowest BCUT2D eigenvalue weighted by Gasteiger charge is -2.25. The van der Waals surface area contributed by atoms with Crippen LogP contribution < -0.4 is 10.1 Å². The second-order valence-corrected chi connectivity index (χ2v) is 3.44. The van der Waals surface area contributed by atoms with E-state index in [0.29, 0.717) is 13.1 Å². The Bertz CT molecular complexity index is 209. The average molecular weight is 181 g/mol. The first-order chi connectivity index (χ1) is 5.08. The predicted octanol–water partition coefficient (Wildman–Crippen LogP) is -1.80. The molecule has 0 bridgehead atoms. The van der Waals surface area contributed by atoms with Crippen LogP contribution in [0, 0.1) is 0 Å². The van der Waals surface area contributed by atoms with Gasteiger partial charge in [-0.1, -0.05) is 0 Å². The van der Waals surface area contributed by atoms with Gasteiger partial charge in [-0.2, -0.15) is 8.42 Å². The minimum absolute atomic E-state index is 0.569. The highest BCUT2D eigenvalue weighted by atomic mass is 32.2. The number of hydrogen-bond donors (Lipinski definition) is 3. The molecule has 0 aliphatic carbocycles. The summed E-state index contributed by atoms with van der Waals surface area (Å²) >= 11 is 0. The summed E-state index contributed by atoms with van der Waals surface area (Å²) in [5.74, 6) is 0. The fourth-order valence-electron chi connectivity index (χ4n) is 0.919. The van der Waals surface area contributed by atoms with Crippen molar-refractivity contribution in [2.24, 2.45) is 0 Å². The molecule has 7 heteroatoms. The monoisotopic (exact) mass is 181 g/mol. The molecule has 0 aromatic carbocycles. The van der Waals surface area contributed by atoms with Gasteiger partial charge in [0.05, 0.1) is 0 Å². The number of hydrogen-bond acceptors (Lipinski definition) is 4. The van der Waals surface area contributed by atoms with Gasteiger partial charge in [-0.3, -0.25) is 4.55 Å². The molecule has 0 unspecified atom stereocenters. The summed E-state index contributed by atoms with van der Waals surface area (Å²) in [6.45, 7) is 2.59. The van der Waals surface area contributed by atoms with E-state index in [2.05, 4.69) is 5.32 Å². The van der Waals surface area contributed by atoms with E-state index < -0.39 is 10.3 Å². The number of nitrogens with one attached hydrogen (secondary N) is 2. The zero-order valence-corrected chi connectivity index (χ0v) is 6.76. The predicted molar refractivity (Wildman–Crippen MR) is 39.1 cm³/mol. The van der Waals surface area contributed by atoms with E-state index in [1.807, 2.05) is 4.83 Å². The fraction of sp³-hybridized carbons (Fsp3) is 1.00. The molecule has 0 radical (unpaired) electrons. The molecule has 6 nitrogen and oxygen atoms in total. The quantitative estimate of drug-likeness (QED) is 0.438. The third-order valence-corrected chi connectivity index (χ3v) is 1.85. The number of hydrazine groups is 1. The SMILES string of the molecule is O=S(=O)(O)NN1CCNCC1. The van der Waals surface area contributed by atoms with Crippen LogP contribution in [0.1, 0.15) is 0 Å². The Balaban J connectivity index is 2.36. The molecule has 1 aliphatic rings. The summed E-state index contributed by atoms with van der Waals surface area (Å²) in [6, 6.07) is 0. The molecule has 1 fully saturated rings. The van der Waals surface area contributed by atoms with Crippen LogP contribution in [0.5, 0.6) is 0 Å². The van der Waals surface area contributed by atoms with Gasteiger partial charge >= 0.3 is 10.3 Å². The van der Waals surface area contributed by atoms with Crippen molar-refractivity contribution in [1.29, 1.82) is 0 Å². The molecule has 0 atom stereocenters. The van der Waals surface area contributed by atoms with Crippen LogP contribution in [0.3, 0.4) is 0 Å². The van der Waals surface area contributed by atoms with E-state index in [0.717, 1.165) is 13.1 Å². The molecule has 11 heavy (non-hydrogen) atoms. The van der Waals surface area contributed by atoms with E-state index in [9.17, 15) is 8.42 Å². The Kier molecular flexibility index (Phi) is 2.79. The molecule has 66 valence electrons. The number of piperazine rings is 1. The maximum absolute atomic E-state index is 10.3. The maximum atomic E-state index is 10.3. The van der Waals surface area contributed by atoms with Gasteiger partial charge in [0.25, 0.3) is 0 Å². The van der Waals surface area contributed by atoms with Crippen molar-refractivity contribution in [3.63, 3.8) is 0 Å². The lowest BCUT2D eigenvalue weighted by atomic mass is 10.4. The van der Waals surface area contributed by atoms with Crippen molar-refractivity contribution in [2.75, 3.05) is 26.2 Å². The van der Waals surface area contributed by atoms with Crippen molar-refractivity contribution in [3.05, 3.63) is 0 Å². The summed E-state index contributed by atoms with van der Waals surface area (Å²) in [7, 11) is -4.08. The molecule has 0 spiro atoms.